The summed E-state index contributed by atoms with van der Waals surface area (Å²) in [5.74, 6) is 1.92. The summed E-state index contributed by atoms with van der Waals surface area (Å²) in [5.41, 5.74) is 18.3. The molecule has 11 heterocycles. The summed E-state index contributed by atoms with van der Waals surface area (Å²) in [7, 11) is 4.01. The molecule has 0 saturated heterocycles. The molecule has 22 rings (SSSR count). The van der Waals surface area contributed by atoms with Crippen molar-refractivity contribution in [2.75, 3.05) is 43.5 Å². The van der Waals surface area contributed by atoms with E-state index < -0.39 is 0 Å². The van der Waals surface area contributed by atoms with Crippen LogP contribution in [-0.2, 0) is 60.3 Å². The number of rotatable bonds is 7. The SMILES string of the molecule is CN1[CH-]N(c2[c-]cccc2)c2cccnc21.CN1[CH-]N(c2[c-]cccc2)c2ncccc21.[Ir+3].[Ir+3].[Ir+3].[c-]1ccccc1-n1c2ccccc2c2cccnc21.[c-]1ccccc1-n1c2ccccc2c2cccnc21.[c-]1ccccc1-n1c2ccccc2c2cccnc21.[c-]1ccccc1N1[CH-]N(c2ccccc2)c2ccccc21. The third-order valence-electron chi connectivity index (χ3n) is 18.9. The Balaban J connectivity index is 0.000000112. The van der Waals surface area contributed by atoms with Crippen LogP contribution in [0.25, 0.3) is 82.9 Å². The van der Waals surface area contributed by atoms with Crippen molar-refractivity contribution in [3.8, 4) is 17.1 Å². The van der Waals surface area contributed by atoms with E-state index in [0.717, 1.165) is 79.8 Å². The van der Waals surface area contributed by atoms with Gasteiger partial charge in [0.1, 0.15) is 28.6 Å². The van der Waals surface area contributed by atoms with Gasteiger partial charge < -0.3 is 43.1 Å². The fraction of sp³-hybridized carbons (Fsp3) is 0.0208. The number of pyridine rings is 5. The molecule has 0 N–H and O–H groups in total. The maximum atomic E-state index is 4.54. The average Bonchev–Trinajstić information content (AvgIpc) is 1.61. The zero-order valence-corrected chi connectivity index (χ0v) is 68.3. The smallest absolute Gasteiger partial charge is 0.502 e. The van der Waals surface area contributed by atoms with E-state index in [2.05, 4.69) is 277 Å². The van der Waals surface area contributed by atoms with Crippen molar-refractivity contribution in [1.82, 2.24) is 38.6 Å². The van der Waals surface area contributed by atoms with Crippen LogP contribution in [0.2, 0.25) is 0 Å². The molecule has 0 radical (unpaired) electrons. The third kappa shape index (κ3) is 16.0. The van der Waals surface area contributed by atoms with Gasteiger partial charge in [-0.1, -0.05) is 102 Å². The van der Waals surface area contributed by atoms with Crippen LogP contribution >= 0.6 is 0 Å². The van der Waals surface area contributed by atoms with Gasteiger partial charge in [0, 0.05) is 86.1 Å². The molecule has 3 aliphatic rings. The van der Waals surface area contributed by atoms with Crippen LogP contribution in [0.4, 0.5) is 57.1 Å². The summed E-state index contributed by atoms with van der Waals surface area (Å²) in [6, 6.07) is 132. The van der Waals surface area contributed by atoms with Gasteiger partial charge in [-0.25, -0.2) is 24.9 Å². The number of benzene rings is 11. The molecule has 113 heavy (non-hydrogen) atoms. The van der Waals surface area contributed by atoms with E-state index in [-0.39, 0.29) is 60.3 Å². The Bertz CT molecular complexity index is 5630. The van der Waals surface area contributed by atoms with Crippen molar-refractivity contribution < 1.29 is 60.3 Å². The second-order valence-corrected chi connectivity index (χ2v) is 25.7. The molecule has 19 aromatic rings. The molecule has 3 aliphatic heterocycles. The summed E-state index contributed by atoms with van der Waals surface area (Å²) < 4.78 is 6.47. The zero-order valence-electron chi connectivity index (χ0n) is 61.1. The van der Waals surface area contributed by atoms with E-state index in [1.807, 2.05) is 220 Å². The largest absolute Gasteiger partial charge is 3.00 e. The van der Waals surface area contributed by atoms with E-state index in [1.165, 1.54) is 60.2 Å². The first kappa shape index (κ1) is 77.1. The van der Waals surface area contributed by atoms with E-state index in [4.69, 9.17) is 0 Å². The molecule has 0 fully saturated rings. The van der Waals surface area contributed by atoms with Crippen LogP contribution in [0.3, 0.4) is 0 Å². The molecule has 0 amide bonds. The quantitative estimate of drug-likeness (QED) is 0.143. The van der Waals surface area contributed by atoms with Crippen LogP contribution in [0.1, 0.15) is 0 Å². The normalized spacial score (nSPS) is 12.1. The molecule has 0 bridgehead atoms. The summed E-state index contributed by atoms with van der Waals surface area (Å²) in [6.07, 6.45) is 9.12. The van der Waals surface area contributed by atoms with Gasteiger partial charge in [0.2, 0.25) is 0 Å². The fourth-order valence-corrected chi connectivity index (χ4v) is 14.0. The summed E-state index contributed by atoms with van der Waals surface area (Å²) >= 11 is 0. The van der Waals surface area contributed by atoms with Crippen LogP contribution in [-0.4, -0.2) is 52.7 Å². The topological polar surface area (TPSA) is 98.7 Å². The Kier molecular flexibility index (Phi) is 24.5. The van der Waals surface area contributed by atoms with E-state index in [0.29, 0.717) is 0 Å². The Hall–Kier alpha value is -12.7. The molecule has 17 heteroatoms. The molecule has 0 unspecified atom stereocenters. The predicted octanol–water partition coefficient (Wildman–Crippen LogP) is 22.0. The maximum Gasteiger partial charge on any atom is 3.00 e. The minimum atomic E-state index is 0. The first-order valence-corrected chi connectivity index (χ1v) is 36.1. The molecule has 0 saturated carbocycles. The van der Waals surface area contributed by atoms with Crippen LogP contribution in [0, 0.1) is 56.4 Å². The van der Waals surface area contributed by atoms with Crippen LogP contribution in [0.15, 0.2) is 365 Å². The van der Waals surface area contributed by atoms with Gasteiger partial charge in [-0.05, 0) is 117 Å². The zero-order chi connectivity index (χ0) is 74.0. The molecule has 0 aliphatic carbocycles. The van der Waals surface area contributed by atoms with Gasteiger partial charge >= 0.3 is 60.3 Å². The summed E-state index contributed by atoms with van der Waals surface area (Å²) in [5, 5.41) is 7.20. The van der Waals surface area contributed by atoms with Gasteiger partial charge in [-0.2, -0.15) is 177 Å². The second-order valence-electron chi connectivity index (χ2n) is 25.7. The van der Waals surface area contributed by atoms with Crippen LogP contribution in [0.5, 0.6) is 0 Å². The Morgan fingerprint density at radius 3 is 0.947 bits per heavy atom. The Labute approximate surface area is 697 Å². The molecular formula is C96H69Ir3N14. The first-order chi connectivity index (χ1) is 54.5. The van der Waals surface area contributed by atoms with Gasteiger partial charge in [-0.15, -0.1) is 41.9 Å². The number of hydrogen-bond acceptors (Lipinski definition) is 11. The van der Waals surface area contributed by atoms with Crippen molar-refractivity contribution in [2.24, 2.45) is 0 Å². The minimum absolute atomic E-state index is 0. The number of para-hydroxylation sites is 12. The third-order valence-corrected chi connectivity index (χ3v) is 18.9. The number of anilines is 10. The number of fused-ring (bicyclic) bond motifs is 12. The van der Waals surface area contributed by atoms with Crippen molar-refractivity contribution in [2.45, 2.75) is 0 Å². The number of aromatic nitrogens is 8. The van der Waals surface area contributed by atoms with Crippen LogP contribution < -0.4 is 29.4 Å². The van der Waals surface area contributed by atoms with Crippen molar-refractivity contribution in [1.29, 1.82) is 0 Å². The minimum Gasteiger partial charge on any atom is -0.502 e. The molecule has 11 aromatic carbocycles. The monoisotopic (exact) mass is 2000 g/mol. The summed E-state index contributed by atoms with van der Waals surface area (Å²) in [6.45, 7) is 6.15. The average molecular weight is 2000 g/mol. The number of hydrogen-bond donors (Lipinski definition) is 0. The molecule has 14 nitrogen and oxygen atoms in total. The second kappa shape index (κ2) is 36.0. The summed E-state index contributed by atoms with van der Waals surface area (Å²) in [4.78, 5) is 34.9. The van der Waals surface area contributed by atoms with Crippen molar-refractivity contribution in [3.63, 3.8) is 0 Å². The predicted molar refractivity (Wildman–Crippen MR) is 448 cm³/mol. The Morgan fingerprint density at radius 2 is 0.531 bits per heavy atom. The standard InChI is InChI=1S/C19H14N2.3C17H11N2.2C13H11N3.3Ir/c1-3-9-16(10-4-1)20-15-21(17-11-5-2-6-12-17)19-14-8-7-13-18(19)20;3*1-2-7-13(8-3-1)19-16-11-5-4-9-14(16)15-10-6-12-18-17(15)19;1-15-10-16(11-6-3-2-4-7-11)12-8-5-9-14-13(12)15;1-15-10-16(11-6-3-2-4-7-11)13-12(15)8-5-9-14-13;;;/h1-11,13-15H;3*1-7,9-12H;2*2-6,8-10H,1H3;;;/q-2;3*-1;2*-2;3*+3. The molecule has 0 spiro atoms. The number of nitrogens with zero attached hydrogens (tertiary/aromatic N) is 14. The van der Waals surface area contributed by atoms with Crippen molar-refractivity contribution >= 4 is 123 Å². The van der Waals surface area contributed by atoms with Gasteiger partial charge in [-0.3, -0.25) is 0 Å². The molecular weight excluding hydrogens is 1930 g/mol. The van der Waals surface area contributed by atoms with Gasteiger partial charge in [0.25, 0.3) is 0 Å². The van der Waals surface area contributed by atoms with Gasteiger partial charge in [0.15, 0.2) is 0 Å². The van der Waals surface area contributed by atoms with Gasteiger partial charge in [0.05, 0.1) is 22.2 Å². The Morgan fingerprint density at radius 1 is 0.230 bits per heavy atom. The molecule has 8 aromatic heterocycles. The fourth-order valence-electron chi connectivity index (χ4n) is 14.0. The van der Waals surface area contributed by atoms with E-state index in [1.54, 1.807) is 6.20 Å². The molecule has 0 atom stereocenters. The van der Waals surface area contributed by atoms with Crippen molar-refractivity contribution in [3.05, 3.63) is 421 Å². The first-order valence-electron chi connectivity index (χ1n) is 36.1. The maximum absolute atomic E-state index is 4.54. The van der Waals surface area contributed by atoms with E-state index >= 15 is 0 Å². The molecule has 550 valence electrons. The van der Waals surface area contributed by atoms with E-state index in [9.17, 15) is 0 Å².